The zero-order valence-electron chi connectivity index (χ0n) is 14.6. The standard InChI is InChI=1S/C20H15NO4S2/c1-12(22)15-4-3-5-16(11-15)21-18(23)17(27-20(21)26)10-13-6-8-14(9-7-13)19(24)25-2/h3-11H,1-2H3. The normalized spacial score (nSPS) is 15.3. The number of anilines is 1. The molecule has 1 aliphatic rings. The first-order valence-corrected chi connectivity index (χ1v) is 9.20. The molecule has 0 aliphatic carbocycles. The van der Waals surface area contributed by atoms with Gasteiger partial charge >= 0.3 is 5.97 Å². The Bertz CT molecular complexity index is 980. The van der Waals surface area contributed by atoms with Gasteiger partial charge in [0.15, 0.2) is 10.1 Å². The Balaban J connectivity index is 1.87. The highest BCUT2D eigenvalue weighted by molar-refractivity contribution is 8.27. The van der Waals surface area contributed by atoms with Crippen LogP contribution in [0.4, 0.5) is 5.69 Å². The number of nitrogens with zero attached hydrogens (tertiary/aromatic N) is 1. The van der Waals surface area contributed by atoms with Gasteiger partial charge in [0.05, 0.1) is 23.3 Å². The molecule has 1 amide bonds. The van der Waals surface area contributed by atoms with Crippen molar-refractivity contribution >= 4 is 57.7 Å². The van der Waals surface area contributed by atoms with Gasteiger partial charge in [-0.1, -0.05) is 48.2 Å². The average Bonchev–Trinajstić information content (AvgIpc) is 2.95. The molecule has 3 rings (SSSR count). The van der Waals surface area contributed by atoms with Gasteiger partial charge in [0.2, 0.25) is 0 Å². The van der Waals surface area contributed by atoms with E-state index in [2.05, 4.69) is 4.74 Å². The van der Waals surface area contributed by atoms with Crippen LogP contribution in [0.25, 0.3) is 6.08 Å². The van der Waals surface area contributed by atoms with Gasteiger partial charge in [-0.15, -0.1) is 0 Å². The molecule has 0 bridgehead atoms. The highest BCUT2D eigenvalue weighted by Gasteiger charge is 2.33. The number of methoxy groups -OCH3 is 1. The van der Waals surface area contributed by atoms with Crippen molar-refractivity contribution in [3.63, 3.8) is 0 Å². The van der Waals surface area contributed by atoms with Crippen molar-refractivity contribution in [1.82, 2.24) is 0 Å². The first-order valence-electron chi connectivity index (χ1n) is 7.98. The van der Waals surface area contributed by atoms with E-state index in [1.807, 2.05) is 0 Å². The first-order chi connectivity index (χ1) is 12.9. The summed E-state index contributed by atoms with van der Waals surface area (Å²) in [5.74, 6) is -0.746. The Labute approximate surface area is 166 Å². The van der Waals surface area contributed by atoms with E-state index < -0.39 is 5.97 Å². The van der Waals surface area contributed by atoms with Crippen LogP contribution in [0.15, 0.2) is 53.4 Å². The van der Waals surface area contributed by atoms with Crippen molar-refractivity contribution in [3.8, 4) is 0 Å². The summed E-state index contributed by atoms with van der Waals surface area (Å²) in [6, 6.07) is 13.5. The maximum absolute atomic E-state index is 12.8. The van der Waals surface area contributed by atoms with Crippen LogP contribution in [0.1, 0.15) is 33.2 Å². The molecule has 1 heterocycles. The number of amides is 1. The third kappa shape index (κ3) is 3.99. The minimum Gasteiger partial charge on any atom is -0.465 e. The number of esters is 1. The number of hydrogen-bond donors (Lipinski definition) is 0. The summed E-state index contributed by atoms with van der Waals surface area (Å²) < 4.78 is 5.07. The van der Waals surface area contributed by atoms with Gasteiger partial charge in [0, 0.05) is 5.56 Å². The predicted octanol–water partition coefficient (Wildman–Crippen LogP) is 4.08. The van der Waals surface area contributed by atoms with Crippen LogP contribution in [-0.4, -0.2) is 29.1 Å². The second kappa shape index (κ2) is 7.85. The number of rotatable bonds is 4. The number of ketones is 1. The van der Waals surface area contributed by atoms with Crippen molar-refractivity contribution in [2.45, 2.75) is 6.92 Å². The fourth-order valence-electron chi connectivity index (χ4n) is 2.54. The van der Waals surface area contributed by atoms with Crippen LogP contribution >= 0.6 is 24.0 Å². The molecule has 0 atom stereocenters. The molecule has 0 aromatic heterocycles. The molecule has 1 saturated heterocycles. The van der Waals surface area contributed by atoms with E-state index in [-0.39, 0.29) is 11.7 Å². The molecule has 1 aliphatic heterocycles. The van der Waals surface area contributed by atoms with Gasteiger partial charge < -0.3 is 4.74 Å². The Morgan fingerprint density at radius 2 is 1.81 bits per heavy atom. The number of thioether (sulfide) groups is 1. The molecule has 1 fully saturated rings. The largest absolute Gasteiger partial charge is 0.465 e. The van der Waals surface area contributed by atoms with Crippen molar-refractivity contribution in [1.29, 1.82) is 0 Å². The SMILES string of the molecule is COC(=O)c1ccc(C=C2SC(=S)N(c3cccc(C(C)=O)c3)C2=O)cc1. The Morgan fingerprint density at radius 3 is 2.44 bits per heavy atom. The fraction of sp³-hybridized carbons (Fsp3) is 0.100. The van der Waals surface area contributed by atoms with Crippen molar-refractivity contribution in [2.24, 2.45) is 0 Å². The van der Waals surface area contributed by atoms with E-state index in [1.54, 1.807) is 54.6 Å². The minimum absolute atomic E-state index is 0.0801. The lowest BCUT2D eigenvalue weighted by Gasteiger charge is -2.15. The number of carbonyl (C=O) groups excluding carboxylic acids is 3. The third-order valence-electron chi connectivity index (χ3n) is 3.93. The van der Waals surface area contributed by atoms with Crippen molar-refractivity contribution < 1.29 is 19.1 Å². The van der Waals surface area contributed by atoms with Gasteiger partial charge in [-0.05, 0) is 42.8 Å². The number of thiocarbonyl (C=S) groups is 1. The molecule has 7 heteroatoms. The molecule has 0 spiro atoms. The second-order valence-corrected chi connectivity index (χ2v) is 7.41. The van der Waals surface area contributed by atoms with Gasteiger partial charge in [0.1, 0.15) is 0 Å². The summed E-state index contributed by atoms with van der Waals surface area (Å²) in [5.41, 5.74) is 2.28. The molecule has 0 unspecified atom stereocenters. The van der Waals surface area contributed by atoms with Gasteiger partial charge in [-0.2, -0.15) is 0 Å². The summed E-state index contributed by atoms with van der Waals surface area (Å²) in [4.78, 5) is 37.8. The van der Waals surface area contributed by atoms with E-state index >= 15 is 0 Å². The molecule has 0 N–H and O–H groups in total. The quantitative estimate of drug-likeness (QED) is 0.335. The van der Waals surface area contributed by atoms with Crippen LogP contribution < -0.4 is 4.90 Å². The third-order valence-corrected chi connectivity index (χ3v) is 5.24. The van der Waals surface area contributed by atoms with Crippen molar-refractivity contribution in [2.75, 3.05) is 12.0 Å². The van der Waals surface area contributed by atoms with Crippen LogP contribution in [0.3, 0.4) is 0 Å². The minimum atomic E-state index is -0.418. The maximum Gasteiger partial charge on any atom is 0.337 e. The fourth-order valence-corrected chi connectivity index (χ4v) is 3.84. The molecular weight excluding hydrogens is 382 g/mol. The molecule has 0 saturated carbocycles. The first kappa shape index (κ1) is 19.0. The predicted molar refractivity (Wildman–Crippen MR) is 110 cm³/mol. The van der Waals surface area contributed by atoms with E-state index in [1.165, 1.54) is 30.7 Å². The lowest BCUT2D eigenvalue weighted by Crippen LogP contribution is -2.27. The average molecular weight is 397 g/mol. The Morgan fingerprint density at radius 1 is 1.11 bits per heavy atom. The van der Waals surface area contributed by atoms with Crippen molar-refractivity contribution in [3.05, 3.63) is 70.1 Å². The lowest BCUT2D eigenvalue weighted by molar-refractivity contribution is -0.113. The second-order valence-electron chi connectivity index (χ2n) is 5.74. The smallest absolute Gasteiger partial charge is 0.337 e. The maximum atomic E-state index is 12.8. The molecular formula is C20H15NO4S2. The Hall–Kier alpha value is -2.77. The molecule has 2 aromatic carbocycles. The van der Waals surface area contributed by atoms with E-state index in [0.717, 1.165) is 5.56 Å². The highest BCUT2D eigenvalue weighted by atomic mass is 32.2. The van der Waals surface area contributed by atoms with E-state index in [4.69, 9.17) is 12.2 Å². The summed E-state index contributed by atoms with van der Waals surface area (Å²) >= 11 is 6.55. The summed E-state index contributed by atoms with van der Waals surface area (Å²) in [7, 11) is 1.32. The number of ether oxygens (including phenoxy) is 1. The number of Topliss-reactive ketones (excluding diaryl/α,β-unsaturated/α-hetero) is 1. The van der Waals surface area contributed by atoms with Crippen LogP contribution in [0.2, 0.25) is 0 Å². The number of carbonyl (C=O) groups is 3. The highest BCUT2D eigenvalue weighted by Crippen LogP contribution is 2.36. The molecule has 136 valence electrons. The molecule has 5 nitrogen and oxygen atoms in total. The van der Waals surface area contributed by atoms with Crippen LogP contribution in [0, 0.1) is 0 Å². The van der Waals surface area contributed by atoms with Crippen LogP contribution in [-0.2, 0) is 9.53 Å². The zero-order valence-corrected chi connectivity index (χ0v) is 16.2. The lowest BCUT2D eigenvalue weighted by atomic mass is 10.1. The number of hydrogen-bond acceptors (Lipinski definition) is 6. The summed E-state index contributed by atoms with van der Waals surface area (Å²) in [6.07, 6.45) is 1.72. The number of benzene rings is 2. The molecule has 27 heavy (non-hydrogen) atoms. The summed E-state index contributed by atoms with van der Waals surface area (Å²) in [5, 5.41) is 0. The molecule has 2 aromatic rings. The van der Waals surface area contributed by atoms with Gasteiger partial charge in [-0.3, -0.25) is 14.5 Å². The topological polar surface area (TPSA) is 63.7 Å². The van der Waals surface area contributed by atoms with Gasteiger partial charge in [0.25, 0.3) is 5.91 Å². The van der Waals surface area contributed by atoms with Gasteiger partial charge in [-0.25, -0.2) is 4.79 Å². The van der Waals surface area contributed by atoms with E-state index in [0.29, 0.717) is 26.0 Å². The van der Waals surface area contributed by atoms with E-state index in [9.17, 15) is 14.4 Å². The summed E-state index contributed by atoms with van der Waals surface area (Å²) in [6.45, 7) is 1.47. The Kier molecular flexibility index (Phi) is 5.53. The monoisotopic (exact) mass is 397 g/mol. The zero-order chi connectivity index (χ0) is 19.6. The molecule has 0 radical (unpaired) electrons. The van der Waals surface area contributed by atoms with Crippen LogP contribution in [0.5, 0.6) is 0 Å².